The topological polar surface area (TPSA) is 130 Å². The number of hydrogen-bond donors (Lipinski definition) is 3. The van der Waals surface area contributed by atoms with Crippen molar-refractivity contribution in [2.24, 2.45) is 0 Å². The number of aliphatic carboxylic acids is 2. The summed E-state index contributed by atoms with van der Waals surface area (Å²) >= 11 is 0. The highest BCUT2D eigenvalue weighted by atomic mass is 16.6. The molecule has 3 N–H and O–H groups in total. The molecule has 0 bridgehead atoms. The van der Waals surface area contributed by atoms with Gasteiger partial charge in [0.2, 0.25) is 0 Å². The van der Waals surface area contributed by atoms with E-state index >= 15 is 0 Å². The first kappa shape index (κ1) is 14.4. The van der Waals surface area contributed by atoms with Crippen molar-refractivity contribution in [1.82, 2.24) is 0 Å². The Labute approximate surface area is 107 Å². The maximum absolute atomic E-state index is 10.9. The number of rotatable bonds is 6. The van der Waals surface area contributed by atoms with Crippen LogP contribution in [0.2, 0.25) is 0 Å². The molecule has 19 heavy (non-hydrogen) atoms. The van der Waals surface area contributed by atoms with Gasteiger partial charge in [0.05, 0.1) is 11.3 Å². The van der Waals surface area contributed by atoms with Gasteiger partial charge in [-0.15, -0.1) is 0 Å². The van der Waals surface area contributed by atoms with Gasteiger partial charge < -0.3 is 15.5 Å². The summed E-state index contributed by atoms with van der Waals surface area (Å²) in [7, 11) is 0. The van der Waals surface area contributed by atoms with E-state index < -0.39 is 29.3 Å². The van der Waals surface area contributed by atoms with Gasteiger partial charge in [-0.3, -0.25) is 14.9 Å². The summed E-state index contributed by atoms with van der Waals surface area (Å²) in [6.07, 6.45) is -0.592. The number of nitro benzene ring substituents is 1. The van der Waals surface area contributed by atoms with E-state index in [-0.39, 0.29) is 5.69 Å². The fraction of sp³-hybridized carbons (Fsp3) is 0.273. The quantitative estimate of drug-likeness (QED) is 0.522. The first-order chi connectivity index (χ1) is 8.81. The van der Waals surface area contributed by atoms with Gasteiger partial charge in [-0.05, 0) is 18.6 Å². The summed E-state index contributed by atoms with van der Waals surface area (Å²) in [5.74, 6) is -2.56. The number of carboxylic acids is 2. The number of aryl methyl sites for hydroxylation is 1. The van der Waals surface area contributed by atoms with Crippen LogP contribution < -0.4 is 5.32 Å². The van der Waals surface area contributed by atoms with Gasteiger partial charge in [-0.2, -0.15) is 0 Å². The van der Waals surface area contributed by atoms with E-state index in [2.05, 4.69) is 5.32 Å². The maximum atomic E-state index is 10.9. The molecule has 0 saturated carbocycles. The predicted octanol–water partition coefficient (Wildman–Crippen LogP) is 1.24. The molecule has 0 aliphatic rings. The van der Waals surface area contributed by atoms with Gasteiger partial charge in [0.25, 0.3) is 5.69 Å². The molecule has 8 nitrogen and oxygen atoms in total. The van der Waals surface area contributed by atoms with Crippen LogP contribution in [0.25, 0.3) is 0 Å². The Bertz CT molecular complexity index is 528. The van der Waals surface area contributed by atoms with Crippen molar-refractivity contribution in [2.75, 3.05) is 5.32 Å². The summed E-state index contributed by atoms with van der Waals surface area (Å²) in [5, 5.41) is 30.6. The first-order valence-electron chi connectivity index (χ1n) is 5.27. The SMILES string of the molecule is Cc1cc([N+](=O)[O-])ccc1NC(CC(=O)O)C(=O)O. The zero-order chi connectivity index (χ0) is 14.6. The molecular formula is C11H12N2O6. The Morgan fingerprint density at radius 1 is 1.42 bits per heavy atom. The van der Waals surface area contributed by atoms with Crippen LogP contribution >= 0.6 is 0 Å². The summed E-state index contributed by atoms with van der Waals surface area (Å²) in [4.78, 5) is 31.4. The van der Waals surface area contributed by atoms with Crippen LogP contribution in [0.15, 0.2) is 18.2 Å². The van der Waals surface area contributed by atoms with Crippen molar-refractivity contribution in [1.29, 1.82) is 0 Å². The van der Waals surface area contributed by atoms with Gasteiger partial charge in [0.1, 0.15) is 6.04 Å². The van der Waals surface area contributed by atoms with E-state index in [0.29, 0.717) is 11.3 Å². The summed E-state index contributed by atoms with van der Waals surface area (Å²) < 4.78 is 0. The van der Waals surface area contributed by atoms with Crippen molar-refractivity contribution >= 4 is 23.3 Å². The van der Waals surface area contributed by atoms with Crippen LogP contribution in [0, 0.1) is 17.0 Å². The molecular weight excluding hydrogens is 256 g/mol. The van der Waals surface area contributed by atoms with E-state index in [9.17, 15) is 19.7 Å². The largest absolute Gasteiger partial charge is 0.481 e. The molecule has 0 amide bonds. The summed E-state index contributed by atoms with van der Waals surface area (Å²) in [6.45, 7) is 1.56. The van der Waals surface area contributed by atoms with Crippen LogP contribution in [0.5, 0.6) is 0 Å². The zero-order valence-corrected chi connectivity index (χ0v) is 9.99. The minimum atomic E-state index is -1.31. The molecule has 1 unspecified atom stereocenters. The molecule has 1 aromatic rings. The molecule has 0 spiro atoms. The molecule has 8 heteroatoms. The van der Waals surface area contributed by atoms with Crippen molar-refractivity contribution in [2.45, 2.75) is 19.4 Å². The van der Waals surface area contributed by atoms with Gasteiger partial charge in [-0.25, -0.2) is 4.79 Å². The molecule has 1 aromatic carbocycles. The second-order valence-corrected chi connectivity index (χ2v) is 3.89. The predicted molar refractivity (Wildman–Crippen MR) is 65.1 cm³/mol. The normalized spacial score (nSPS) is 11.6. The molecule has 0 fully saturated rings. The highest BCUT2D eigenvalue weighted by Gasteiger charge is 2.21. The smallest absolute Gasteiger partial charge is 0.326 e. The molecule has 102 valence electrons. The van der Waals surface area contributed by atoms with E-state index in [1.54, 1.807) is 6.92 Å². The van der Waals surface area contributed by atoms with Crippen LogP contribution in [-0.2, 0) is 9.59 Å². The highest BCUT2D eigenvalue weighted by molar-refractivity contribution is 5.83. The average molecular weight is 268 g/mol. The van der Waals surface area contributed by atoms with E-state index in [1.807, 2.05) is 0 Å². The number of nitro groups is 1. The summed E-state index contributed by atoms with van der Waals surface area (Å²) in [6, 6.07) is 2.56. The molecule has 0 aliphatic carbocycles. The number of nitrogens with one attached hydrogen (secondary N) is 1. The van der Waals surface area contributed by atoms with Gasteiger partial charge in [-0.1, -0.05) is 0 Å². The number of benzene rings is 1. The lowest BCUT2D eigenvalue weighted by atomic mass is 10.1. The third kappa shape index (κ3) is 3.95. The van der Waals surface area contributed by atoms with E-state index in [1.165, 1.54) is 18.2 Å². The van der Waals surface area contributed by atoms with E-state index in [0.717, 1.165) is 0 Å². The van der Waals surface area contributed by atoms with E-state index in [4.69, 9.17) is 10.2 Å². The molecule has 1 atom stereocenters. The lowest BCUT2D eigenvalue weighted by Gasteiger charge is -2.15. The number of carbonyl (C=O) groups is 2. The average Bonchev–Trinajstić information content (AvgIpc) is 2.29. The molecule has 0 radical (unpaired) electrons. The number of anilines is 1. The van der Waals surface area contributed by atoms with Crippen LogP contribution in [0.4, 0.5) is 11.4 Å². The Kier molecular flexibility index (Phi) is 4.41. The molecule has 0 aromatic heterocycles. The fourth-order valence-corrected chi connectivity index (χ4v) is 1.49. The minimum absolute atomic E-state index is 0.117. The van der Waals surface area contributed by atoms with Crippen LogP contribution in [0.1, 0.15) is 12.0 Å². The minimum Gasteiger partial charge on any atom is -0.481 e. The van der Waals surface area contributed by atoms with Crippen molar-refractivity contribution < 1.29 is 24.7 Å². The standard InChI is InChI=1S/C11H12N2O6/c1-6-4-7(13(18)19)2-3-8(6)12-9(11(16)17)5-10(14)15/h2-4,9,12H,5H2,1H3,(H,14,15)(H,16,17). The Hall–Kier alpha value is -2.64. The third-order valence-corrected chi connectivity index (χ3v) is 2.43. The second-order valence-electron chi connectivity index (χ2n) is 3.89. The first-order valence-corrected chi connectivity index (χ1v) is 5.27. The second kappa shape index (κ2) is 5.80. The number of carboxylic acid groups (broad SMARTS) is 2. The highest BCUT2D eigenvalue weighted by Crippen LogP contribution is 2.22. The molecule has 0 heterocycles. The lowest BCUT2D eigenvalue weighted by Crippen LogP contribution is -2.32. The molecule has 1 rings (SSSR count). The van der Waals surface area contributed by atoms with Crippen LogP contribution in [0.3, 0.4) is 0 Å². The van der Waals surface area contributed by atoms with Crippen molar-refractivity contribution in [3.8, 4) is 0 Å². The fourth-order valence-electron chi connectivity index (χ4n) is 1.49. The van der Waals surface area contributed by atoms with Crippen molar-refractivity contribution in [3.05, 3.63) is 33.9 Å². The Balaban J connectivity index is 2.94. The van der Waals surface area contributed by atoms with Gasteiger partial charge >= 0.3 is 11.9 Å². The Morgan fingerprint density at radius 3 is 2.47 bits per heavy atom. The molecule has 0 aliphatic heterocycles. The summed E-state index contributed by atoms with van der Waals surface area (Å²) in [5.41, 5.74) is 0.693. The number of nitrogens with zero attached hydrogens (tertiary/aromatic N) is 1. The zero-order valence-electron chi connectivity index (χ0n) is 9.99. The number of non-ortho nitro benzene ring substituents is 1. The third-order valence-electron chi connectivity index (χ3n) is 2.43. The van der Waals surface area contributed by atoms with Gasteiger partial charge in [0, 0.05) is 17.8 Å². The Morgan fingerprint density at radius 2 is 2.05 bits per heavy atom. The molecule has 0 saturated heterocycles. The maximum Gasteiger partial charge on any atom is 0.326 e. The van der Waals surface area contributed by atoms with Crippen LogP contribution in [-0.4, -0.2) is 33.1 Å². The van der Waals surface area contributed by atoms with Gasteiger partial charge in [0.15, 0.2) is 0 Å². The monoisotopic (exact) mass is 268 g/mol. The number of hydrogen-bond acceptors (Lipinski definition) is 5. The lowest BCUT2D eigenvalue weighted by molar-refractivity contribution is -0.384. The van der Waals surface area contributed by atoms with Crippen molar-refractivity contribution in [3.63, 3.8) is 0 Å².